The van der Waals surface area contributed by atoms with Crippen molar-refractivity contribution in [3.05, 3.63) is 47.9 Å². The fourth-order valence-corrected chi connectivity index (χ4v) is 1.52. The zero-order chi connectivity index (χ0) is 13.5. The van der Waals surface area contributed by atoms with E-state index in [1.807, 2.05) is 31.3 Å². The Kier molecular flexibility index (Phi) is 4.69. The first-order valence-electron chi connectivity index (χ1n) is 6.13. The minimum atomic E-state index is -0.0131. The van der Waals surface area contributed by atoms with Gasteiger partial charge in [0.25, 0.3) is 0 Å². The molecule has 100 valence electrons. The number of hydrogen-bond acceptors (Lipinski definition) is 5. The van der Waals surface area contributed by atoms with Gasteiger partial charge in [0.1, 0.15) is 6.61 Å². The van der Waals surface area contributed by atoms with Gasteiger partial charge in [-0.2, -0.15) is 0 Å². The largest absolute Gasteiger partial charge is 0.475 e. The van der Waals surface area contributed by atoms with Crippen molar-refractivity contribution in [2.75, 3.05) is 18.5 Å². The van der Waals surface area contributed by atoms with Crippen molar-refractivity contribution in [1.82, 2.24) is 9.97 Å². The smallest absolute Gasteiger partial charge is 0.213 e. The fourth-order valence-electron chi connectivity index (χ4n) is 1.52. The maximum Gasteiger partial charge on any atom is 0.213 e. The molecule has 2 heterocycles. The Hall–Kier alpha value is -2.14. The molecule has 0 aliphatic rings. The molecule has 5 nitrogen and oxygen atoms in total. The van der Waals surface area contributed by atoms with Gasteiger partial charge >= 0.3 is 0 Å². The molecule has 0 spiro atoms. The topological polar surface area (TPSA) is 67.3 Å². The summed E-state index contributed by atoms with van der Waals surface area (Å²) in [4.78, 5) is 8.44. The van der Waals surface area contributed by atoms with Crippen molar-refractivity contribution >= 4 is 5.69 Å². The maximum absolute atomic E-state index is 8.64. The van der Waals surface area contributed by atoms with E-state index < -0.39 is 0 Å². The molecule has 0 radical (unpaired) electrons. The minimum absolute atomic E-state index is 0.0131. The van der Waals surface area contributed by atoms with E-state index in [0.29, 0.717) is 12.4 Å². The lowest BCUT2D eigenvalue weighted by Crippen LogP contribution is -2.04. The van der Waals surface area contributed by atoms with Crippen LogP contribution in [0.2, 0.25) is 0 Å². The predicted molar refractivity (Wildman–Crippen MR) is 73.1 cm³/mol. The van der Waals surface area contributed by atoms with Crippen LogP contribution in [0.15, 0.2) is 36.7 Å². The normalized spacial score (nSPS) is 10.2. The summed E-state index contributed by atoms with van der Waals surface area (Å²) < 4.78 is 5.18. The van der Waals surface area contributed by atoms with Crippen LogP contribution in [-0.2, 0) is 6.54 Å². The Morgan fingerprint density at radius 2 is 2.05 bits per heavy atom. The summed E-state index contributed by atoms with van der Waals surface area (Å²) in [5, 5.41) is 11.9. The molecule has 0 unspecified atom stereocenters. The molecule has 0 aliphatic carbocycles. The zero-order valence-corrected chi connectivity index (χ0v) is 10.8. The Balaban J connectivity index is 1.87. The quantitative estimate of drug-likeness (QED) is 0.827. The van der Waals surface area contributed by atoms with E-state index in [2.05, 4.69) is 15.3 Å². The number of rotatable bonds is 6. The van der Waals surface area contributed by atoms with Gasteiger partial charge in [-0.15, -0.1) is 0 Å². The first-order chi connectivity index (χ1) is 9.28. The summed E-state index contributed by atoms with van der Waals surface area (Å²) in [6, 6.07) is 7.68. The van der Waals surface area contributed by atoms with Gasteiger partial charge in [0.15, 0.2) is 0 Å². The fraction of sp³-hybridized carbons (Fsp3) is 0.286. The monoisotopic (exact) mass is 259 g/mol. The lowest BCUT2D eigenvalue weighted by atomic mass is 10.3. The number of nitrogens with one attached hydrogen (secondary N) is 1. The second-order valence-corrected chi connectivity index (χ2v) is 4.14. The number of nitrogens with zero attached hydrogens (tertiary/aromatic N) is 2. The maximum atomic E-state index is 8.64. The van der Waals surface area contributed by atoms with Crippen LogP contribution in [0.1, 0.15) is 11.3 Å². The van der Waals surface area contributed by atoms with E-state index in [4.69, 9.17) is 9.84 Å². The van der Waals surface area contributed by atoms with E-state index >= 15 is 0 Å². The first-order valence-corrected chi connectivity index (χ1v) is 6.13. The number of aliphatic hydroxyl groups excluding tert-OH is 1. The van der Waals surface area contributed by atoms with E-state index in [9.17, 15) is 0 Å². The Morgan fingerprint density at radius 3 is 2.68 bits per heavy atom. The molecule has 0 bridgehead atoms. The number of aliphatic hydroxyl groups is 1. The number of aryl methyl sites for hydroxylation is 1. The molecule has 2 N–H and O–H groups in total. The van der Waals surface area contributed by atoms with Gasteiger partial charge in [0, 0.05) is 12.3 Å². The van der Waals surface area contributed by atoms with Crippen molar-refractivity contribution in [2.24, 2.45) is 0 Å². The van der Waals surface area contributed by atoms with E-state index in [1.165, 1.54) is 0 Å². The van der Waals surface area contributed by atoms with Crippen LogP contribution >= 0.6 is 0 Å². The number of anilines is 1. The number of pyridine rings is 2. The summed E-state index contributed by atoms with van der Waals surface area (Å²) in [6.45, 7) is 2.91. The molecule has 0 aliphatic heterocycles. The summed E-state index contributed by atoms with van der Waals surface area (Å²) >= 11 is 0. The highest BCUT2D eigenvalue weighted by molar-refractivity contribution is 5.42. The molecular formula is C14H17N3O2. The number of hydrogen-bond donors (Lipinski definition) is 2. The van der Waals surface area contributed by atoms with Crippen LogP contribution in [0.5, 0.6) is 5.88 Å². The molecular weight excluding hydrogens is 242 g/mol. The van der Waals surface area contributed by atoms with Crippen molar-refractivity contribution in [1.29, 1.82) is 0 Å². The third-order valence-electron chi connectivity index (χ3n) is 2.52. The minimum Gasteiger partial charge on any atom is -0.475 e. The van der Waals surface area contributed by atoms with Gasteiger partial charge in [0.05, 0.1) is 30.7 Å². The van der Waals surface area contributed by atoms with Crippen LogP contribution in [0.3, 0.4) is 0 Å². The Labute approximate surface area is 112 Å². The summed E-state index contributed by atoms with van der Waals surface area (Å²) in [5.41, 5.74) is 3.03. The molecule has 0 saturated carbocycles. The standard InChI is InChI=1S/C14H17N3O2/c1-11-2-3-12(15-8-11)9-16-13-4-5-14(17-10-13)19-7-6-18/h2-5,8,10,16,18H,6-7,9H2,1H3. The van der Waals surface area contributed by atoms with Crippen LogP contribution in [0, 0.1) is 6.92 Å². The van der Waals surface area contributed by atoms with Crippen molar-refractivity contribution < 1.29 is 9.84 Å². The van der Waals surface area contributed by atoms with Crippen molar-refractivity contribution in [3.8, 4) is 5.88 Å². The van der Waals surface area contributed by atoms with Gasteiger partial charge in [-0.3, -0.25) is 4.98 Å². The van der Waals surface area contributed by atoms with Gasteiger partial charge in [-0.1, -0.05) is 6.07 Å². The first kappa shape index (κ1) is 13.3. The van der Waals surface area contributed by atoms with Gasteiger partial charge < -0.3 is 15.2 Å². The van der Waals surface area contributed by atoms with Gasteiger partial charge in [-0.25, -0.2) is 4.98 Å². The summed E-state index contributed by atoms with van der Waals surface area (Å²) in [5.74, 6) is 0.507. The van der Waals surface area contributed by atoms with Crippen LogP contribution < -0.4 is 10.1 Å². The van der Waals surface area contributed by atoms with E-state index in [-0.39, 0.29) is 13.2 Å². The highest BCUT2D eigenvalue weighted by atomic mass is 16.5. The van der Waals surface area contributed by atoms with Crippen molar-refractivity contribution in [3.63, 3.8) is 0 Å². The summed E-state index contributed by atoms with van der Waals surface area (Å²) in [6.07, 6.45) is 3.54. The van der Waals surface area contributed by atoms with E-state index in [0.717, 1.165) is 16.9 Å². The number of aromatic nitrogens is 2. The average molecular weight is 259 g/mol. The van der Waals surface area contributed by atoms with Crippen LogP contribution in [0.4, 0.5) is 5.69 Å². The molecule has 0 atom stereocenters. The zero-order valence-electron chi connectivity index (χ0n) is 10.8. The highest BCUT2D eigenvalue weighted by Crippen LogP contribution is 2.12. The van der Waals surface area contributed by atoms with Gasteiger partial charge in [-0.05, 0) is 24.6 Å². The second-order valence-electron chi connectivity index (χ2n) is 4.14. The predicted octanol–water partition coefficient (Wildman–Crippen LogP) is 1.77. The molecule has 2 aromatic rings. The molecule has 2 rings (SSSR count). The molecule has 0 amide bonds. The molecule has 19 heavy (non-hydrogen) atoms. The molecule has 5 heteroatoms. The lowest BCUT2D eigenvalue weighted by Gasteiger charge is -2.07. The number of ether oxygens (including phenoxy) is 1. The second kappa shape index (κ2) is 6.70. The third-order valence-corrected chi connectivity index (χ3v) is 2.52. The Bertz CT molecular complexity index is 497. The molecule has 0 aromatic carbocycles. The van der Waals surface area contributed by atoms with Crippen LogP contribution in [0.25, 0.3) is 0 Å². The molecule has 0 saturated heterocycles. The highest BCUT2D eigenvalue weighted by Gasteiger charge is 1.98. The third kappa shape index (κ3) is 4.22. The molecule has 2 aromatic heterocycles. The average Bonchev–Trinajstić information content (AvgIpc) is 2.46. The Morgan fingerprint density at radius 1 is 1.16 bits per heavy atom. The van der Waals surface area contributed by atoms with Crippen LogP contribution in [-0.4, -0.2) is 28.3 Å². The van der Waals surface area contributed by atoms with E-state index in [1.54, 1.807) is 12.3 Å². The van der Waals surface area contributed by atoms with Crippen molar-refractivity contribution in [2.45, 2.75) is 13.5 Å². The SMILES string of the molecule is Cc1ccc(CNc2ccc(OCCO)nc2)nc1. The van der Waals surface area contributed by atoms with Gasteiger partial charge in [0.2, 0.25) is 5.88 Å². The summed E-state index contributed by atoms with van der Waals surface area (Å²) in [7, 11) is 0. The lowest BCUT2D eigenvalue weighted by molar-refractivity contribution is 0.196. The molecule has 0 fully saturated rings.